The topological polar surface area (TPSA) is 157 Å². The van der Waals surface area contributed by atoms with E-state index in [2.05, 4.69) is 16.0 Å². The monoisotopic (exact) mass is 715 g/mol. The van der Waals surface area contributed by atoms with Gasteiger partial charge >= 0.3 is 5.97 Å². The summed E-state index contributed by atoms with van der Waals surface area (Å²) >= 11 is 0. The minimum absolute atomic E-state index is 0.0176. The Hall–Kier alpha value is -3.51. The fourth-order valence-corrected chi connectivity index (χ4v) is 7.34. The van der Waals surface area contributed by atoms with Crippen LogP contribution in [-0.4, -0.2) is 109 Å². The summed E-state index contributed by atoms with van der Waals surface area (Å²) in [5.41, 5.74) is 0.812. The highest BCUT2D eigenvalue weighted by atomic mass is 16.5. The predicted octanol–water partition coefficient (Wildman–Crippen LogP) is 3.72. The molecular formula is C39H65N5O7. The molecule has 0 bridgehead atoms. The Kier molecular flexibility index (Phi) is 17.6. The molecule has 0 aromatic heterocycles. The standard InChI is InChI=1S/C39H65N5O7/c1-12-25(6)35(43(10)38(48)34(24(4)5)42-37(47)33(40-9)23(2)3)31(51-11)22-32(45)44-20-16-19-30(44)26(7)27(8)36(46)41-29(39(49)50)21-28-17-14-13-15-18-28/h13-15,17-18,23-27,29-31,33-35,40H,12,16,19-22H2,1-11H3,(H,41,46)(H,42,47)(H,49,50)/t25-,26+,27+,29-,30-,31+,33-,34-,35?/m0/s1. The summed E-state index contributed by atoms with van der Waals surface area (Å²) in [4.78, 5) is 70.2. The van der Waals surface area contributed by atoms with Gasteiger partial charge in [0.1, 0.15) is 12.1 Å². The predicted molar refractivity (Wildman–Crippen MR) is 199 cm³/mol. The van der Waals surface area contributed by atoms with Crippen LogP contribution in [0.4, 0.5) is 0 Å². The van der Waals surface area contributed by atoms with Crippen LogP contribution >= 0.6 is 0 Å². The molecule has 0 aliphatic carbocycles. The van der Waals surface area contributed by atoms with Crippen LogP contribution < -0.4 is 16.0 Å². The number of nitrogens with zero attached hydrogens (tertiary/aromatic N) is 2. The van der Waals surface area contributed by atoms with E-state index in [1.165, 1.54) is 0 Å². The van der Waals surface area contributed by atoms with Crippen LogP contribution in [0.25, 0.3) is 0 Å². The number of carbonyl (C=O) groups is 5. The number of benzene rings is 1. The SMILES string of the molecule is CC[C@H](C)C([C@@H](CC(=O)N1CCC[C@H]1[C@H](C)[C@@H](C)C(=O)N[C@@H](Cc1ccccc1)C(=O)O)OC)N(C)C(=O)[C@@H](NC(=O)[C@@H](NC)C(C)C)C(C)C. The van der Waals surface area contributed by atoms with E-state index in [0.29, 0.717) is 6.54 Å². The van der Waals surface area contributed by atoms with Crippen LogP contribution in [-0.2, 0) is 35.1 Å². The number of likely N-dealkylation sites (tertiary alicyclic amines) is 1. The lowest BCUT2D eigenvalue weighted by Gasteiger charge is -2.41. The van der Waals surface area contributed by atoms with Crippen molar-refractivity contribution in [2.24, 2.45) is 29.6 Å². The molecule has 0 spiro atoms. The third kappa shape index (κ3) is 11.8. The highest BCUT2D eigenvalue weighted by Crippen LogP contribution is 2.31. The Balaban J connectivity index is 2.22. The van der Waals surface area contributed by atoms with Crippen LogP contribution in [0, 0.1) is 29.6 Å². The number of carbonyl (C=O) groups excluding carboxylic acids is 4. The van der Waals surface area contributed by atoms with Crippen molar-refractivity contribution in [1.29, 1.82) is 0 Å². The van der Waals surface area contributed by atoms with Crippen LogP contribution in [0.3, 0.4) is 0 Å². The number of carboxylic acid groups (broad SMARTS) is 1. The number of amides is 4. The van der Waals surface area contributed by atoms with E-state index in [4.69, 9.17) is 4.74 Å². The number of rotatable bonds is 20. The Morgan fingerprint density at radius 2 is 1.55 bits per heavy atom. The first-order chi connectivity index (χ1) is 24.0. The second kappa shape index (κ2) is 20.5. The van der Waals surface area contributed by atoms with E-state index >= 15 is 0 Å². The van der Waals surface area contributed by atoms with Crippen LogP contribution in [0.1, 0.15) is 86.6 Å². The summed E-state index contributed by atoms with van der Waals surface area (Å²) in [6, 6.07) is 6.24. The van der Waals surface area contributed by atoms with E-state index in [9.17, 15) is 29.1 Å². The van der Waals surface area contributed by atoms with Gasteiger partial charge in [-0.25, -0.2) is 4.79 Å². The molecule has 1 aliphatic rings. The number of likely N-dealkylation sites (N-methyl/N-ethyl adjacent to an activating group) is 2. The molecule has 0 radical (unpaired) electrons. The van der Waals surface area contributed by atoms with Gasteiger partial charge < -0.3 is 35.6 Å². The molecule has 1 saturated heterocycles. The molecular weight excluding hydrogens is 650 g/mol. The Morgan fingerprint density at radius 1 is 0.941 bits per heavy atom. The van der Waals surface area contributed by atoms with Crippen molar-refractivity contribution < 1.29 is 33.8 Å². The lowest BCUT2D eigenvalue weighted by Crippen LogP contribution is -2.59. The zero-order chi connectivity index (χ0) is 38.6. The first-order valence-electron chi connectivity index (χ1n) is 18.6. The summed E-state index contributed by atoms with van der Waals surface area (Å²) in [6.07, 6.45) is 1.84. The maximum Gasteiger partial charge on any atom is 0.326 e. The van der Waals surface area contributed by atoms with Crippen molar-refractivity contribution in [2.75, 3.05) is 27.7 Å². The number of hydrogen-bond acceptors (Lipinski definition) is 7. The van der Waals surface area contributed by atoms with Gasteiger partial charge in [0.15, 0.2) is 0 Å². The van der Waals surface area contributed by atoms with Crippen molar-refractivity contribution in [3.63, 3.8) is 0 Å². The molecule has 12 nitrogen and oxygen atoms in total. The number of aliphatic carboxylic acids is 1. The molecule has 1 aromatic carbocycles. The highest BCUT2D eigenvalue weighted by molar-refractivity contribution is 5.90. The zero-order valence-corrected chi connectivity index (χ0v) is 32.8. The van der Waals surface area contributed by atoms with Crippen LogP contribution in [0.15, 0.2) is 30.3 Å². The van der Waals surface area contributed by atoms with Crippen LogP contribution in [0.5, 0.6) is 0 Å². The number of methoxy groups -OCH3 is 1. The lowest BCUT2D eigenvalue weighted by atomic mass is 9.86. The van der Waals surface area contributed by atoms with Gasteiger partial charge in [0, 0.05) is 39.1 Å². The third-order valence-electron chi connectivity index (χ3n) is 10.9. The van der Waals surface area contributed by atoms with Gasteiger partial charge in [-0.15, -0.1) is 0 Å². The minimum atomic E-state index is -1.10. The average molecular weight is 716 g/mol. The van der Waals surface area contributed by atoms with E-state index in [1.807, 2.05) is 83.7 Å². The van der Waals surface area contributed by atoms with Crippen LogP contribution in [0.2, 0.25) is 0 Å². The van der Waals surface area contributed by atoms with Gasteiger partial charge in [0.25, 0.3) is 0 Å². The second-order valence-electron chi connectivity index (χ2n) is 15.1. The van der Waals surface area contributed by atoms with Gasteiger partial charge in [-0.3, -0.25) is 19.2 Å². The van der Waals surface area contributed by atoms with Crippen molar-refractivity contribution >= 4 is 29.6 Å². The summed E-state index contributed by atoms with van der Waals surface area (Å²) in [7, 11) is 5.00. The minimum Gasteiger partial charge on any atom is -0.480 e. The lowest BCUT2D eigenvalue weighted by molar-refractivity contribution is -0.146. The first kappa shape index (κ1) is 43.7. The molecule has 1 aromatic rings. The van der Waals surface area contributed by atoms with Crippen molar-refractivity contribution in [1.82, 2.24) is 25.8 Å². The number of carboxylic acids is 1. The number of hydrogen-bond donors (Lipinski definition) is 4. The Labute approximate surface area is 305 Å². The molecule has 51 heavy (non-hydrogen) atoms. The maximum atomic E-state index is 14.1. The smallest absolute Gasteiger partial charge is 0.326 e. The van der Waals surface area contributed by atoms with Gasteiger partial charge in [0.05, 0.1) is 24.6 Å². The fourth-order valence-electron chi connectivity index (χ4n) is 7.34. The van der Waals surface area contributed by atoms with E-state index in [-0.39, 0.29) is 66.2 Å². The maximum absolute atomic E-state index is 14.1. The quantitative estimate of drug-likeness (QED) is 0.159. The molecule has 1 heterocycles. The normalized spacial score (nSPS) is 19.4. The average Bonchev–Trinajstić information content (AvgIpc) is 3.59. The molecule has 12 heteroatoms. The summed E-state index contributed by atoms with van der Waals surface area (Å²) in [5.74, 6) is -3.00. The van der Waals surface area contributed by atoms with Crippen molar-refractivity contribution in [2.45, 2.75) is 124 Å². The van der Waals surface area contributed by atoms with Gasteiger partial charge in [-0.2, -0.15) is 0 Å². The first-order valence-corrected chi connectivity index (χ1v) is 18.6. The molecule has 1 unspecified atom stereocenters. The Morgan fingerprint density at radius 3 is 2.06 bits per heavy atom. The fraction of sp³-hybridized carbons (Fsp3) is 0.718. The van der Waals surface area contributed by atoms with E-state index < -0.39 is 42.2 Å². The van der Waals surface area contributed by atoms with Gasteiger partial charge in [-0.1, -0.05) is 92.1 Å². The molecule has 0 saturated carbocycles. The molecule has 288 valence electrons. The Bertz CT molecular complexity index is 1290. The van der Waals surface area contributed by atoms with E-state index in [1.54, 1.807) is 33.0 Å². The largest absolute Gasteiger partial charge is 0.480 e. The van der Waals surface area contributed by atoms with Gasteiger partial charge in [0.2, 0.25) is 23.6 Å². The zero-order valence-electron chi connectivity index (χ0n) is 32.8. The number of ether oxygens (including phenoxy) is 1. The summed E-state index contributed by atoms with van der Waals surface area (Å²) in [6.45, 7) is 16.0. The molecule has 2 rings (SSSR count). The third-order valence-corrected chi connectivity index (χ3v) is 10.9. The molecule has 9 atom stereocenters. The molecule has 1 aliphatic heterocycles. The molecule has 4 N–H and O–H groups in total. The van der Waals surface area contributed by atoms with Crippen molar-refractivity contribution in [3.05, 3.63) is 35.9 Å². The number of nitrogens with one attached hydrogen (secondary N) is 3. The highest BCUT2D eigenvalue weighted by Gasteiger charge is 2.42. The summed E-state index contributed by atoms with van der Waals surface area (Å²) < 4.78 is 5.98. The summed E-state index contributed by atoms with van der Waals surface area (Å²) in [5, 5.41) is 18.6. The molecule has 1 fully saturated rings. The molecule has 4 amide bonds. The second-order valence-corrected chi connectivity index (χ2v) is 15.1. The van der Waals surface area contributed by atoms with Crippen molar-refractivity contribution in [3.8, 4) is 0 Å². The van der Waals surface area contributed by atoms with Gasteiger partial charge in [-0.05, 0) is 49.1 Å². The van der Waals surface area contributed by atoms with E-state index in [0.717, 1.165) is 24.8 Å².